The van der Waals surface area contributed by atoms with Gasteiger partial charge in [0.15, 0.2) is 0 Å². The molecule has 0 aliphatic rings. The van der Waals surface area contributed by atoms with E-state index in [1.807, 2.05) is 25.1 Å². The second-order valence-electron chi connectivity index (χ2n) is 4.65. The highest BCUT2D eigenvalue weighted by atomic mass is 32.1. The normalized spacial score (nSPS) is 10.9. The molecule has 4 N–H and O–H groups in total. The van der Waals surface area contributed by atoms with Gasteiger partial charge in [0.25, 0.3) is 5.91 Å². The van der Waals surface area contributed by atoms with Crippen LogP contribution in [0.1, 0.15) is 20.9 Å². The maximum atomic E-state index is 12.3. The molecular formula is C14H13N3O2S2. The molecule has 0 fully saturated rings. The monoisotopic (exact) mass is 319 g/mol. The van der Waals surface area contributed by atoms with E-state index in [-0.39, 0.29) is 17.3 Å². The molecule has 2 aromatic heterocycles. The number of nitrogen functional groups attached to an aromatic ring is 1. The van der Waals surface area contributed by atoms with Crippen LogP contribution in [-0.4, -0.2) is 10.9 Å². The zero-order chi connectivity index (χ0) is 15.0. The number of fused-ring (bicyclic) bond motifs is 1. The van der Waals surface area contributed by atoms with Crippen LogP contribution < -0.4 is 15.9 Å². The van der Waals surface area contributed by atoms with Crippen LogP contribution in [0.25, 0.3) is 10.1 Å². The number of carbonyl (C=O) groups is 1. The summed E-state index contributed by atoms with van der Waals surface area (Å²) in [6.07, 6.45) is 0. The number of thiazole rings is 1. The summed E-state index contributed by atoms with van der Waals surface area (Å²) in [5, 5.41) is 5.38. The standard InChI is InChI=1S/C14H13N3O2S2/c1-7-3-2-4-9-10(15)12(21-11(7)9)13(18)16-5-8-6-20-14(19)17-8/h2-4,6H,5,15H2,1H3,(H,16,18)(H,17,19). The number of anilines is 1. The lowest BCUT2D eigenvalue weighted by atomic mass is 10.1. The SMILES string of the molecule is Cc1cccc2c(N)c(C(=O)NCc3csc(=O)[nH]3)sc12. The van der Waals surface area contributed by atoms with E-state index >= 15 is 0 Å². The molecule has 5 nitrogen and oxygen atoms in total. The van der Waals surface area contributed by atoms with E-state index in [1.165, 1.54) is 11.3 Å². The van der Waals surface area contributed by atoms with Gasteiger partial charge >= 0.3 is 4.87 Å². The highest BCUT2D eigenvalue weighted by Gasteiger charge is 2.17. The number of aryl methyl sites for hydroxylation is 1. The lowest BCUT2D eigenvalue weighted by molar-refractivity contribution is 0.0955. The first-order chi connectivity index (χ1) is 10.1. The molecule has 1 aromatic carbocycles. The number of carbonyl (C=O) groups excluding carboxylic acids is 1. The smallest absolute Gasteiger partial charge is 0.304 e. The van der Waals surface area contributed by atoms with E-state index in [0.29, 0.717) is 16.3 Å². The van der Waals surface area contributed by atoms with Crippen LogP contribution in [0.5, 0.6) is 0 Å². The summed E-state index contributed by atoms with van der Waals surface area (Å²) in [6, 6.07) is 5.84. The van der Waals surface area contributed by atoms with Crippen LogP contribution >= 0.6 is 22.7 Å². The molecule has 108 valence electrons. The van der Waals surface area contributed by atoms with Crippen LogP contribution in [0.15, 0.2) is 28.4 Å². The molecule has 21 heavy (non-hydrogen) atoms. The van der Waals surface area contributed by atoms with Crippen molar-refractivity contribution in [3.05, 3.63) is 49.4 Å². The molecule has 0 aliphatic carbocycles. The minimum atomic E-state index is -0.222. The van der Waals surface area contributed by atoms with Crippen molar-refractivity contribution >= 4 is 44.4 Å². The number of amides is 1. The van der Waals surface area contributed by atoms with Crippen LogP contribution in [-0.2, 0) is 6.54 Å². The van der Waals surface area contributed by atoms with E-state index in [0.717, 1.165) is 27.0 Å². The minimum absolute atomic E-state index is 0.128. The fourth-order valence-electron chi connectivity index (χ4n) is 2.10. The molecule has 0 aliphatic heterocycles. The number of hydrogen-bond acceptors (Lipinski definition) is 5. The first-order valence-corrected chi connectivity index (χ1v) is 7.98. The molecule has 0 unspecified atom stereocenters. The summed E-state index contributed by atoms with van der Waals surface area (Å²) >= 11 is 2.47. The van der Waals surface area contributed by atoms with Gasteiger partial charge in [-0.3, -0.25) is 9.59 Å². The Morgan fingerprint density at radius 1 is 1.43 bits per heavy atom. The first kappa shape index (κ1) is 13.8. The second-order valence-corrected chi connectivity index (χ2v) is 6.52. The van der Waals surface area contributed by atoms with Gasteiger partial charge in [0.2, 0.25) is 0 Å². The maximum Gasteiger partial charge on any atom is 0.304 e. The number of hydrogen-bond donors (Lipinski definition) is 3. The summed E-state index contributed by atoms with van der Waals surface area (Å²) in [5.41, 5.74) is 8.38. The summed E-state index contributed by atoms with van der Waals surface area (Å²) in [5.74, 6) is -0.222. The Balaban J connectivity index is 1.86. The molecule has 0 atom stereocenters. The van der Waals surface area contributed by atoms with Crippen LogP contribution in [0, 0.1) is 6.92 Å². The molecule has 0 saturated heterocycles. The van der Waals surface area contributed by atoms with Gasteiger partial charge in [-0.1, -0.05) is 29.5 Å². The lowest BCUT2D eigenvalue weighted by Crippen LogP contribution is -2.23. The number of H-pyrrole nitrogens is 1. The number of aromatic amines is 1. The van der Waals surface area contributed by atoms with Crippen LogP contribution in [0.4, 0.5) is 5.69 Å². The van der Waals surface area contributed by atoms with Crippen molar-refractivity contribution in [1.82, 2.24) is 10.3 Å². The third kappa shape index (κ3) is 2.57. The number of nitrogens with two attached hydrogens (primary N) is 1. The van der Waals surface area contributed by atoms with Crippen molar-refractivity contribution in [3.8, 4) is 0 Å². The molecule has 0 radical (unpaired) electrons. The van der Waals surface area contributed by atoms with Gasteiger partial charge in [0.1, 0.15) is 4.88 Å². The maximum absolute atomic E-state index is 12.3. The second kappa shape index (κ2) is 5.34. The molecule has 7 heteroatoms. The highest BCUT2D eigenvalue weighted by molar-refractivity contribution is 7.21. The Bertz CT molecular complexity index is 876. The average Bonchev–Trinajstić information content (AvgIpc) is 3.02. The summed E-state index contributed by atoms with van der Waals surface area (Å²) in [4.78, 5) is 26.3. The predicted octanol–water partition coefficient (Wildman–Crippen LogP) is 2.47. The van der Waals surface area contributed by atoms with Gasteiger partial charge in [-0.15, -0.1) is 11.3 Å². The Hall–Kier alpha value is -2.12. The van der Waals surface area contributed by atoms with Gasteiger partial charge in [-0.05, 0) is 12.5 Å². The largest absolute Gasteiger partial charge is 0.397 e. The van der Waals surface area contributed by atoms with Gasteiger partial charge in [0.05, 0.1) is 12.2 Å². The number of rotatable bonds is 3. The summed E-state index contributed by atoms with van der Waals surface area (Å²) in [6.45, 7) is 2.28. The van der Waals surface area contributed by atoms with Gasteiger partial charge in [0, 0.05) is 21.2 Å². The van der Waals surface area contributed by atoms with Crippen molar-refractivity contribution in [2.75, 3.05) is 5.73 Å². The summed E-state index contributed by atoms with van der Waals surface area (Å²) < 4.78 is 1.03. The predicted molar refractivity (Wildman–Crippen MR) is 87.1 cm³/mol. The topological polar surface area (TPSA) is 88.0 Å². The quantitative estimate of drug-likeness (QED) is 0.693. The molecule has 0 spiro atoms. The van der Waals surface area contributed by atoms with Crippen molar-refractivity contribution in [2.45, 2.75) is 13.5 Å². The van der Waals surface area contributed by atoms with Crippen molar-refractivity contribution in [3.63, 3.8) is 0 Å². The van der Waals surface area contributed by atoms with Gasteiger partial charge in [-0.2, -0.15) is 0 Å². The van der Waals surface area contributed by atoms with E-state index in [1.54, 1.807) is 5.38 Å². The molecule has 2 heterocycles. The molecular weight excluding hydrogens is 306 g/mol. The molecule has 0 bridgehead atoms. The molecule has 1 amide bonds. The molecule has 3 rings (SSSR count). The fraction of sp³-hybridized carbons (Fsp3) is 0.143. The highest BCUT2D eigenvalue weighted by Crippen LogP contribution is 2.35. The first-order valence-electron chi connectivity index (χ1n) is 6.28. The Morgan fingerprint density at radius 3 is 2.90 bits per heavy atom. The number of nitrogens with one attached hydrogen (secondary N) is 2. The van der Waals surface area contributed by atoms with Crippen molar-refractivity contribution in [1.29, 1.82) is 0 Å². The number of benzene rings is 1. The average molecular weight is 319 g/mol. The number of thiophene rings is 1. The molecule has 3 aromatic rings. The van der Waals surface area contributed by atoms with Crippen LogP contribution in [0.2, 0.25) is 0 Å². The van der Waals surface area contributed by atoms with Crippen molar-refractivity contribution < 1.29 is 4.79 Å². The third-order valence-corrected chi connectivity index (χ3v) is 5.24. The van der Waals surface area contributed by atoms with Crippen LogP contribution in [0.3, 0.4) is 0 Å². The van der Waals surface area contributed by atoms with E-state index in [2.05, 4.69) is 10.3 Å². The van der Waals surface area contributed by atoms with Gasteiger partial charge in [-0.25, -0.2) is 0 Å². The Labute approximate surface area is 128 Å². The Morgan fingerprint density at radius 2 is 2.24 bits per heavy atom. The zero-order valence-electron chi connectivity index (χ0n) is 11.2. The van der Waals surface area contributed by atoms with Gasteiger partial charge < -0.3 is 16.0 Å². The lowest BCUT2D eigenvalue weighted by Gasteiger charge is -2.02. The van der Waals surface area contributed by atoms with E-state index in [4.69, 9.17) is 5.73 Å². The summed E-state index contributed by atoms with van der Waals surface area (Å²) in [7, 11) is 0. The minimum Gasteiger partial charge on any atom is -0.397 e. The third-order valence-electron chi connectivity index (χ3n) is 3.17. The van der Waals surface area contributed by atoms with E-state index < -0.39 is 0 Å². The number of aromatic nitrogens is 1. The molecule has 0 saturated carbocycles. The Kier molecular flexibility index (Phi) is 3.52. The van der Waals surface area contributed by atoms with E-state index in [9.17, 15) is 9.59 Å². The fourth-order valence-corrected chi connectivity index (χ4v) is 3.79. The zero-order valence-corrected chi connectivity index (χ0v) is 12.9. The van der Waals surface area contributed by atoms with Crippen molar-refractivity contribution in [2.24, 2.45) is 0 Å².